The molecule has 0 aliphatic carbocycles. The van der Waals surface area contributed by atoms with Gasteiger partial charge in [-0.15, -0.1) is 0 Å². The highest BCUT2D eigenvalue weighted by Crippen LogP contribution is 2.24. The van der Waals surface area contributed by atoms with Crippen molar-refractivity contribution in [1.29, 1.82) is 0 Å². The zero-order valence-corrected chi connectivity index (χ0v) is 17.1. The molecule has 0 aliphatic heterocycles. The van der Waals surface area contributed by atoms with E-state index in [2.05, 4.69) is 4.98 Å². The Morgan fingerprint density at radius 3 is 2.50 bits per heavy atom. The first-order valence-electron chi connectivity index (χ1n) is 9.53. The zero-order valence-electron chi connectivity index (χ0n) is 17.1. The normalized spacial score (nSPS) is 12.9. The second kappa shape index (κ2) is 8.87. The van der Waals surface area contributed by atoms with Gasteiger partial charge in [-0.25, -0.2) is 4.98 Å². The molecule has 3 aromatic rings. The molecule has 5 nitrogen and oxygen atoms in total. The smallest absolute Gasteiger partial charge is 0.383 e. The summed E-state index contributed by atoms with van der Waals surface area (Å²) < 4.78 is 45.2. The summed E-state index contributed by atoms with van der Waals surface area (Å²) in [6, 6.07) is 14.0. The van der Waals surface area contributed by atoms with Crippen molar-refractivity contribution < 1.29 is 17.9 Å². The van der Waals surface area contributed by atoms with Crippen LogP contribution in [0.3, 0.4) is 0 Å². The van der Waals surface area contributed by atoms with Crippen molar-refractivity contribution in [3.8, 4) is 0 Å². The minimum absolute atomic E-state index is 0.279. The molecule has 0 unspecified atom stereocenters. The van der Waals surface area contributed by atoms with Crippen molar-refractivity contribution in [2.45, 2.75) is 25.6 Å². The van der Waals surface area contributed by atoms with Gasteiger partial charge in [0.2, 0.25) is 0 Å². The Labute approximate surface area is 172 Å². The van der Waals surface area contributed by atoms with Crippen LogP contribution in [0.4, 0.5) is 18.9 Å². The zero-order chi connectivity index (χ0) is 21.9. The van der Waals surface area contributed by atoms with Crippen LogP contribution in [0, 0.1) is 6.92 Å². The predicted molar refractivity (Wildman–Crippen MR) is 111 cm³/mol. The van der Waals surface area contributed by atoms with Crippen LogP contribution in [0.2, 0.25) is 0 Å². The molecule has 0 spiro atoms. The highest BCUT2D eigenvalue weighted by molar-refractivity contribution is 5.81. The molecular formula is C22H24F3N3O2. The number of hydrogen-bond acceptors (Lipinski definition) is 4. The summed E-state index contributed by atoms with van der Waals surface area (Å²) in [7, 11) is 2.91. The molecule has 2 aromatic carbocycles. The second-order valence-electron chi connectivity index (χ2n) is 7.31. The van der Waals surface area contributed by atoms with E-state index in [0.717, 1.165) is 10.5 Å². The van der Waals surface area contributed by atoms with Gasteiger partial charge in [-0.05, 0) is 37.1 Å². The van der Waals surface area contributed by atoms with E-state index in [0.29, 0.717) is 30.1 Å². The van der Waals surface area contributed by atoms with E-state index in [1.807, 2.05) is 30.3 Å². The third-order valence-electron chi connectivity index (χ3n) is 4.96. The Balaban J connectivity index is 2.06. The second-order valence-corrected chi connectivity index (χ2v) is 7.31. The van der Waals surface area contributed by atoms with E-state index in [4.69, 9.17) is 4.74 Å². The average molecular weight is 419 g/mol. The van der Waals surface area contributed by atoms with Crippen molar-refractivity contribution in [1.82, 2.24) is 9.55 Å². The lowest BCUT2D eigenvalue weighted by Crippen LogP contribution is -2.32. The number of aryl methyl sites for hydroxylation is 1. The number of fused-ring (bicyclic) bond motifs is 1. The topological polar surface area (TPSA) is 47.4 Å². The van der Waals surface area contributed by atoms with Crippen LogP contribution in [-0.4, -0.2) is 43.0 Å². The van der Waals surface area contributed by atoms with Gasteiger partial charge in [-0.2, -0.15) is 13.2 Å². The lowest BCUT2D eigenvalue weighted by molar-refractivity contribution is -0.119. The van der Waals surface area contributed by atoms with Gasteiger partial charge in [0.15, 0.2) is 0 Å². The minimum Gasteiger partial charge on any atom is -0.383 e. The molecule has 1 atom stereocenters. The molecule has 0 saturated carbocycles. The molecular weight excluding hydrogens is 395 g/mol. The molecule has 8 heteroatoms. The quantitative estimate of drug-likeness (QED) is 0.578. The summed E-state index contributed by atoms with van der Waals surface area (Å²) in [5, 5.41) is 0.279. The molecule has 0 amide bonds. The van der Waals surface area contributed by atoms with Crippen LogP contribution in [0.25, 0.3) is 10.9 Å². The molecule has 1 aromatic heterocycles. The molecule has 0 N–H and O–H groups in total. The molecule has 0 fully saturated rings. The molecule has 160 valence electrons. The molecule has 30 heavy (non-hydrogen) atoms. The van der Waals surface area contributed by atoms with Gasteiger partial charge < -0.3 is 9.64 Å². The summed E-state index contributed by atoms with van der Waals surface area (Å²) in [5.74, 6) is 0.530. The largest absolute Gasteiger partial charge is 0.405 e. The number of hydrogen-bond donors (Lipinski definition) is 0. The number of nitrogens with zero attached hydrogens (tertiary/aromatic N) is 3. The molecule has 0 saturated heterocycles. The van der Waals surface area contributed by atoms with Gasteiger partial charge in [0, 0.05) is 19.8 Å². The number of alkyl halides is 3. The van der Waals surface area contributed by atoms with Gasteiger partial charge in [0.1, 0.15) is 12.4 Å². The number of aromatic nitrogens is 2. The fourth-order valence-corrected chi connectivity index (χ4v) is 3.63. The van der Waals surface area contributed by atoms with Crippen LogP contribution in [-0.2, 0) is 11.2 Å². The number of ether oxygens (including phenoxy) is 1. The SMILES string of the molecule is COC[C@H](Cc1ccccc1)n1c(C)nc2ccc(N(C)CC(F)(F)F)cc2c1=O. The first kappa shape index (κ1) is 21.8. The number of rotatable bonds is 7. The Bertz CT molecular complexity index is 1060. The maximum atomic E-state index is 13.3. The van der Waals surface area contributed by atoms with Gasteiger partial charge >= 0.3 is 6.18 Å². The molecule has 0 bridgehead atoms. The van der Waals surface area contributed by atoms with E-state index < -0.39 is 12.7 Å². The van der Waals surface area contributed by atoms with Crippen LogP contribution in [0.1, 0.15) is 17.4 Å². The lowest BCUT2D eigenvalue weighted by atomic mass is 10.1. The molecule has 0 aliphatic rings. The summed E-state index contributed by atoms with van der Waals surface area (Å²) in [4.78, 5) is 18.9. The number of benzene rings is 2. The van der Waals surface area contributed by atoms with E-state index in [-0.39, 0.29) is 17.0 Å². The van der Waals surface area contributed by atoms with Crippen molar-refractivity contribution in [3.05, 3.63) is 70.3 Å². The number of anilines is 1. The lowest BCUT2D eigenvalue weighted by Gasteiger charge is -2.23. The maximum absolute atomic E-state index is 13.3. The van der Waals surface area contributed by atoms with Crippen LogP contribution in [0.15, 0.2) is 53.3 Å². The Kier molecular flexibility index (Phi) is 6.45. The maximum Gasteiger partial charge on any atom is 0.405 e. The van der Waals surface area contributed by atoms with Crippen molar-refractivity contribution in [2.75, 3.05) is 32.2 Å². The fourth-order valence-electron chi connectivity index (χ4n) is 3.63. The highest BCUT2D eigenvalue weighted by Gasteiger charge is 2.29. The summed E-state index contributed by atoms with van der Waals surface area (Å²) >= 11 is 0. The van der Waals surface area contributed by atoms with Crippen LogP contribution < -0.4 is 10.5 Å². The number of halogens is 3. The predicted octanol–water partition coefficient (Wildman–Crippen LogP) is 4.13. The molecule has 3 rings (SSSR count). The van der Waals surface area contributed by atoms with Gasteiger partial charge in [0.05, 0.1) is 23.6 Å². The monoisotopic (exact) mass is 419 g/mol. The Morgan fingerprint density at radius 2 is 1.87 bits per heavy atom. The third kappa shape index (κ3) is 4.99. The summed E-state index contributed by atoms with van der Waals surface area (Å²) in [6.45, 7) is 0.945. The van der Waals surface area contributed by atoms with Gasteiger partial charge in [-0.1, -0.05) is 30.3 Å². The first-order chi connectivity index (χ1) is 14.2. The van der Waals surface area contributed by atoms with Crippen molar-refractivity contribution in [2.24, 2.45) is 0 Å². The standard InChI is InChI=1S/C22H24F3N3O2/c1-15-26-20-10-9-17(27(2)14-22(23,24)25)12-19(20)21(29)28(15)18(13-30-3)11-16-7-5-4-6-8-16/h4-10,12,18H,11,13-14H2,1-3H3/t18-/m0/s1. The van der Waals surface area contributed by atoms with Crippen molar-refractivity contribution >= 4 is 16.6 Å². The van der Waals surface area contributed by atoms with E-state index >= 15 is 0 Å². The minimum atomic E-state index is -4.34. The number of methoxy groups -OCH3 is 1. The van der Waals surface area contributed by atoms with Crippen LogP contribution >= 0.6 is 0 Å². The van der Waals surface area contributed by atoms with Gasteiger partial charge in [0.25, 0.3) is 5.56 Å². The summed E-state index contributed by atoms with van der Waals surface area (Å²) in [6.07, 6.45) is -3.77. The van der Waals surface area contributed by atoms with Gasteiger partial charge in [-0.3, -0.25) is 9.36 Å². The Morgan fingerprint density at radius 1 is 1.17 bits per heavy atom. The van der Waals surface area contributed by atoms with Crippen molar-refractivity contribution in [3.63, 3.8) is 0 Å². The van der Waals surface area contributed by atoms with E-state index in [1.54, 1.807) is 30.7 Å². The average Bonchev–Trinajstić information content (AvgIpc) is 2.67. The van der Waals surface area contributed by atoms with E-state index in [1.165, 1.54) is 13.1 Å². The van der Waals surface area contributed by atoms with Crippen LogP contribution in [0.5, 0.6) is 0 Å². The fraction of sp³-hybridized carbons (Fsp3) is 0.364. The molecule has 0 radical (unpaired) electrons. The summed E-state index contributed by atoms with van der Waals surface area (Å²) in [5.41, 5.74) is 1.51. The van der Waals surface area contributed by atoms with E-state index in [9.17, 15) is 18.0 Å². The Hall–Kier alpha value is -2.87. The first-order valence-corrected chi connectivity index (χ1v) is 9.53. The third-order valence-corrected chi connectivity index (χ3v) is 4.96. The highest BCUT2D eigenvalue weighted by atomic mass is 19.4. The molecule has 1 heterocycles.